The molecule has 0 radical (unpaired) electrons. The number of carbonyl (C=O) groups excluding carboxylic acids is 1. The van der Waals surface area contributed by atoms with Gasteiger partial charge in [-0.3, -0.25) is 8.98 Å². The van der Waals surface area contributed by atoms with Crippen molar-refractivity contribution >= 4 is 27.0 Å². The summed E-state index contributed by atoms with van der Waals surface area (Å²) in [5.41, 5.74) is 2.66. The van der Waals surface area contributed by atoms with Gasteiger partial charge in [-0.15, -0.1) is 0 Å². The average molecular weight is 541 g/mol. The van der Waals surface area contributed by atoms with Crippen LogP contribution in [0.2, 0.25) is 0 Å². The van der Waals surface area contributed by atoms with Crippen LogP contribution in [0.15, 0.2) is 17.0 Å². The molecule has 0 aromatic heterocycles. The van der Waals surface area contributed by atoms with Gasteiger partial charge < -0.3 is 0 Å². The lowest BCUT2D eigenvalue weighted by Crippen LogP contribution is -2.18. The number of unbranched alkanes of at least 4 members (excludes halogenated alkanes) is 8. The first-order valence-electron chi connectivity index (χ1n) is 14.2. The van der Waals surface area contributed by atoms with Crippen LogP contribution < -0.4 is 0 Å². The third kappa shape index (κ3) is 11.7. The number of benzene rings is 1. The number of carbonyl (C=O) groups is 1. The molecule has 0 heterocycles. The van der Waals surface area contributed by atoms with Crippen LogP contribution in [0.25, 0.3) is 0 Å². The van der Waals surface area contributed by atoms with Crippen LogP contribution in [-0.4, -0.2) is 25.4 Å². The van der Waals surface area contributed by atoms with E-state index in [0.717, 1.165) is 29.5 Å². The topological polar surface area (TPSA) is 60.4 Å². The van der Waals surface area contributed by atoms with Gasteiger partial charge in [0, 0.05) is 5.25 Å². The van der Waals surface area contributed by atoms with Crippen molar-refractivity contribution in [1.82, 2.24) is 0 Å². The van der Waals surface area contributed by atoms with Crippen molar-refractivity contribution in [3.63, 3.8) is 0 Å². The van der Waals surface area contributed by atoms with Gasteiger partial charge in [-0.1, -0.05) is 137 Å². The van der Waals surface area contributed by atoms with Gasteiger partial charge in [0.2, 0.25) is 5.12 Å². The van der Waals surface area contributed by atoms with Gasteiger partial charge in [-0.25, -0.2) is 0 Å². The lowest BCUT2D eigenvalue weighted by Gasteiger charge is -2.22. The van der Waals surface area contributed by atoms with E-state index in [-0.39, 0.29) is 27.1 Å². The molecule has 0 bridgehead atoms. The second-order valence-electron chi connectivity index (χ2n) is 11.1. The maximum atomic E-state index is 13.3. The predicted molar refractivity (Wildman–Crippen MR) is 156 cm³/mol. The first-order valence-corrected chi connectivity index (χ1v) is 16.5. The van der Waals surface area contributed by atoms with Gasteiger partial charge in [0.25, 0.3) is 10.1 Å². The number of hydrogen-bond acceptors (Lipinski definition) is 5. The Morgan fingerprint density at radius 1 is 0.778 bits per heavy atom. The zero-order valence-electron chi connectivity index (χ0n) is 24.2. The van der Waals surface area contributed by atoms with Gasteiger partial charge in [-0.05, 0) is 40.9 Å². The van der Waals surface area contributed by atoms with Crippen molar-refractivity contribution in [3.8, 4) is 0 Å². The highest BCUT2D eigenvalue weighted by Crippen LogP contribution is 2.36. The Morgan fingerprint density at radius 3 is 1.69 bits per heavy atom. The normalized spacial score (nSPS) is 13.2. The van der Waals surface area contributed by atoms with E-state index in [0.29, 0.717) is 5.92 Å². The molecule has 0 spiro atoms. The molecule has 1 aromatic rings. The Kier molecular flexibility index (Phi) is 15.6. The largest absolute Gasteiger partial charge is 0.298 e. The summed E-state index contributed by atoms with van der Waals surface area (Å²) in [5, 5.41) is -0.0610. The molecule has 0 saturated heterocycles. The Balaban J connectivity index is 2.66. The molecule has 6 heteroatoms. The summed E-state index contributed by atoms with van der Waals surface area (Å²) in [7, 11) is -4.05. The van der Waals surface area contributed by atoms with E-state index in [1.807, 2.05) is 46.8 Å². The van der Waals surface area contributed by atoms with E-state index < -0.39 is 16.7 Å². The zero-order valence-corrected chi connectivity index (χ0v) is 25.8. The summed E-state index contributed by atoms with van der Waals surface area (Å²) in [6, 6.07) is 3.97. The molecule has 0 amide bonds. The van der Waals surface area contributed by atoms with Crippen molar-refractivity contribution in [2.24, 2.45) is 0 Å². The molecule has 0 aliphatic carbocycles. The fourth-order valence-electron chi connectivity index (χ4n) is 4.42. The fraction of sp³-hybridized carbons (Fsp3) is 0.767. The van der Waals surface area contributed by atoms with E-state index in [1.54, 1.807) is 0 Å². The van der Waals surface area contributed by atoms with Crippen LogP contribution in [0.5, 0.6) is 0 Å². The summed E-state index contributed by atoms with van der Waals surface area (Å²) in [5.74, 6) is 0.343. The predicted octanol–water partition coefficient (Wildman–Crippen LogP) is 9.33. The van der Waals surface area contributed by atoms with Crippen LogP contribution in [0, 0.1) is 0 Å². The van der Waals surface area contributed by atoms with Crippen LogP contribution in [0.4, 0.5) is 0 Å². The molecule has 0 aliphatic rings. The summed E-state index contributed by atoms with van der Waals surface area (Å²) < 4.78 is 32.0. The SMILES string of the molecule is CCCCCCCCCCCC(C)SC(=O)COS(=O)(=O)c1c(C(C)C)cc(C(C)C)cc1C(C)C. The molecule has 1 atom stereocenters. The molecule has 208 valence electrons. The van der Waals surface area contributed by atoms with Gasteiger partial charge in [0.1, 0.15) is 11.5 Å². The van der Waals surface area contributed by atoms with Crippen molar-refractivity contribution in [2.75, 3.05) is 6.61 Å². The quantitative estimate of drug-likeness (QED) is 0.137. The molecular weight excluding hydrogens is 488 g/mol. The summed E-state index contributed by atoms with van der Waals surface area (Å²) in [6.07, 6.45) is 12.5. The van der Waals surface area contributed by atoms with Gasteiger partial charge in [-0.2, -0.15) is 8.42 Å². The van der Waals surface area contributed by atoms with E-state index in [4.69, 9.17) is 4.18 Å². The standard InChI is InChI=1S/C30H52O4S2/c1-9-10-11-12-13-14-15-16-17-18-25(8)35-29(31)21-34-36(32,33)30-27(23(4)5)19-26(22(2)3)20-28(30)24(6)7/h19-20,22-25H,9-18,21H2,1-8H3. The third-order valence-electron chi connectivity index (χ3n) is 6.71. The molecule has 1 rings (SSSR count). The fourth-order valence-corrected chi connectivity index (χ4v) is 6.90. The van der Waals surface area contributed by atoms with Crippen LogP contribution in [-0.2, 0) is 19.1 Å². The highest BCUT2D eigenvalue weighted by Gasteiger charge is 2.28. The Labute approximate surface area is 226 Å². The van der Waals surface area contributed by atoms with E-state index in [1.165, 1.54) is 63.1 Å². The second-order valence-corrected chi connectivity index (χ2v) is 14.2. The molecule has 1 aromatic carbocycles. The molecule has 0 aliphatic heterocycles. The smallest absolute Gasteiger partial charge is 0.284 e. The van der Waals surface area contributed by atoms with Crippen molar-refractivity contribution in [2.45, 2.75) is 147 Å². The number of hydrogen-bond donors (Lipinski definition) is 0. The summed E-state index contributed by atoms with van der Waals surface area (Å²) in [6.45, 7) is 16.1. The Hall–Kier alpha value is -0.850. The molecule has 1 unspecified atom stereocenters. The first-order chi connectivity index (χ1) is 16.9. The lowest BCUT2D eigenvalue weighted by molar-refractivity contribution is -0.112. The monoisotopic (exact) mass is 540 g/mol. The highest BCUT2D eigenvalue weighted by molar-refractivity contribution is 8.14. The lowest BCUT2D eigenvalue weighted by atomic mass is 9.89. The van der Waals surface area contributed by atoms with Crippen LogP contribution in [0.3, 0.4) is 0 Å². The molecule has 4 nitrogen and oxygen atoms in total. The maximum absolute atomic E-state index is 13.3. The van der Waals surface area contributed by atoms with E-state index in [2.05, 4.69) is 20.8 Å². The van der Waals surface area contributed by atoms with Gasteiger partial charge in [0.05, 0.1) is 0 Å². The Morgan fingerprint density at radius 2 is 1.25 bits per heavy atom. The van der Waals surface area contributed by atoms with E-state index in [9.17, 15) is 13.2 Å². The maximum Gasteiger partial charge on any atom is 0.298 e. The third-order valence-corrected chi connectivity index (χ3v) is 9.13. The Bertz CT molecular complexity index is 859. The van der Waals surface area contributed by atoms with Gasteiger partial charge >= 0.3 is 0 Å². The second kappa shape index (κ2) is 16.9. The molecule has 36 heavy (non-hydrogen) atoms. The molecule has 0 N–H and O–H groups in total. The highest BCUT2D eigenvalue weighted by atomic mass is 32.2. The minimum Gasteiger partial charge on any atom is -0.284 e. The minimum absolute atomic E-state index is 0.0241. The van der Waals surface area contributed by atoms with Crippen LogP contribution >= 0.6 is 11.8 Å². The van der Waals surface area contributed by atoms with Crippen molar-refractivity contribution in [3.05, 3.63) is 28.8 Å². The number of rotatable bonds is 18. The first kappa shape index (κ1) is 33.2. The summed E-state index contributed by atoms with van der Waals surface area (Å²) in [4.78, 5) is 12.8. The van der Waals surface area contributed by atoms with Crippen LogP contribution in [0.1, 0.15) is 154 Å². The van der Waals surface area contributed by atoms with Crippen molar-refractivity contribution in [1.29, 1.82) is 0 Å². The van der Waals surface area contributed by atoms with Gasteiger partial charge in [0.15, 0.2) is 0 Å². The molecule has 0 fully saturated rings. The molecule has 0 saturated carbocycles. The van der Waals surface area contributed by atoms with E-state index >= 15 is 0 Å². The molecular formula is C30H52O4S2. The summed E-state index contributed by atoms with van der Waals surface area (Å²) >= 11 is 1.21. The zero-order chi connectivity index (χ0) is 27.3. The van der Waals surface area contributed by atoms with Crippen molar-refractivity contribution < 1.29 is 17.4 Å². The average Bonchev–Trinajstić information content (AvgIpc) is 2.80. The minimum atomic E-state index is -4.05. The number of thioether (sulfide) groups is 1.